The number of hydrogen-bond donors (Lipinski definition) is 0. The van der Waals surface area contributed by atoms with Crippen LogP contribution in [0.1, 0.15) is 27.9 Å². The number of benzene rings is 2. The van der Waals surface area contributed by atoms with Crippen LogP contribution in [0.4, 0.5) is 0 Å². The molecule has 0 aliphatic rings. The number of hydrogen-bond acceptors (Lipinski definition) is 5. The van der Waals surface area contributed by atoms with E-state index in [1.54, 1.807) is 31.4 Å². The molecule has 4 nitrogen and oxygen atoms in total. The Labute approximate surface area is 145 Å². The minimum absolute atomic E-state index is 0.0627. The molecule has 0 saturated carbocycles. The third-order valence-electron chi connectivity index (χ3n) is 3.87. The number of ketones is 1. The smallest absolute Gasteiger partial charge is 0.159 e. The average molecular weight is 340 g/mol. The Morgan fingerprint density at radius 1 is 1.21 bits per heavy atom. The van der Waals surface area contributed by atoms with E-state index < -0.39 is 0 Å². The van der Waals surface area contributed by atoms with Crippen molar-refractivity contribution in [3.05, 3.63) is 58.6 Å². The van der Waals surface area contributed by atoms with Crippen molar-refractivity contribution in [1.82, 2.24) is 9.88 Å². The first kappa shape index (κ1) is 16.6. The zero-order valence-electron chi connectivity index (χ0n) is 14.1. The number of nitrogens with zero attached hydrogens (tertiary/aromatic N) is 2. The molecule has 0 spiro atoms. The summed E-state index contributed by atoms with van der Waals surface area (Å²) in [7, 11) is 3.70. The number of ether oxygens (including phenoxy) is 1. The van der Waals surface area contributed by atoms with Crippen LogP contribution in [0.3, 0.4) is 0 Å². The van der Waals surface area contributed by atoms with E-state index in [4.69, 9.17) is 4.74 Å². The number of carbonyl (C=O) groups is 1. The van der Waals surface area contributed by atoms with Gasteiger partial charge in [0.05, 0.1) is 23.9 Å². The van der Waals surface area contributed by atoms with Crippen LogP contribution < -0.4 is 4.74 Å². The zero-order valence-corrected chi connectivity index (χ0v) is 14.9. The molecule has 0 atom stereocenters. The number of Topliss-reactive ketones (excluding diaryl/α,β-unsaturated/α-hetero) is 1. The predicted octanol–water partition coefficient (Wildman–Crippen LogP) is 4.14. The fourth-order valence-electron chi connectivity index (χ4n) is 2.69. The van der Waals surface area contributed by atoms with Gasteiger partial charge in [-0.3, -0.25) is 9.69 Å². The standard InChI is InChI=1S/C19H20N2O2S/c1-13(22)14-8-9-17(23-3)15(10-14)11-21(2)12-19-20-16-6-4-5-7-18(16)24-19/h4-10H,11-12H2,1-3H3. The molecule has 5 heteroatoms. The lowest BCUT2D eigenvalue weighted by molar-refractivity contribution is 0.101. The fraction of sp³-hybridized carbons (Fsp3) is 0.263. The van der Waals surface area contributed by atoms with Gasteiger partial charge in [0.15, 0.2) is 5.78 Å². The van der Waals surface area contributed by atoms with Gasteiger partial charge >= 0.3 is 0 Å². The van der Waals surface area contributed by atoms with Crippen molar-refractivity contribution >= 4 is 27.3 Å². The van der Waals surface area contributed by atoms with Gasteiger partial charge in [-0.15, -0.1) is 11.3 Å². The van der Waals surface area contributed by atoms with Crippen LogP contribution in [0, 0.1) is 0 Å². The topological polar surface area (TPSA) is 42.4 Å². The highest BCUT2D eigenvalue weighted by Gasteiger charge is 2.12. The molecular formula is C19H20N2O2S. The van der Waals surface area contributed by atoms with Crippen LogP contribution >= 0.6 is 11.3 Å². The van der Waals surface area contributed by atoms with Crippen LogP contribution in [0.15, 0.2) is 42.5 Å². The highest BCUT2D eigenvalue weighted by atomic mass is 32.1. The second-order valence-electron chi connectivity index (χ2n) is 5.83. The predicted molar refractivity (Wildman–Crippen MR) is 97.8 cm³/mol. The number of carbonyl (C=O) groups excluding carboxylic acids is 1. The minimum Gasteiger partial charge on any atom is -0.496 e. The van der Waals surface area contributed by atoms with Gasteiger partial charge in [-0.25, -0.2) is 4.98 Å². The van der Waals surface area contributed by atoms with Crippen LogP contribution in [0.2, 0.25) is 0 Å². The molecule has 0 fully saturated rings. The van der Waals surface area contributed by atoms with Crippen molar-refractivity contribution in [1.29, 1.82) is 0 Å². The third kappa shape index (κ3) is 3.63. The molecule has 0 radical (unpaired) electrons. The van der Waals surface area contributed by atoms with Crippen LogP contribution in [0.5, 0.6) is 5.75 Å². The van der Waals surface area contributed by atoms with E-state index in [2.05, 4.69) is 16.0 Å². The molecule has 3 rings (SSSR count). The third-order valence-corrected chi connectivity index (χ3v) is 4.89. The summed E-state index contributed by atoms with van der Waals surface area (Å²) < 4.78 is 6.63. The van der Waals surface area contributed by atoms with Gasteiger partial charge < -0.3 is 4.74 Å². The summed E-state index contributed by atoms with van der Waals surface area (Å²) in [6.07, 6.45) is 0. The molecule has 3 aromatic rings. The van der Waals surface area contributed by atoms with Crippen molar-refractivity contribution in [3.63, 3.8) is 0 Å². The Morgan fingerprint density at radius 2 is 2.00 bits per heavy atom. The number of rotatable bonds is 6. The number of methoxy groups -OCH3 is 1. The lowest BCUT2D eigenvalue weighted by atomic mass is 10.1. The van der Waals surface area contributed by atoms with Crippen molar-refractivity contribution in [3.8, 4) is 5.75 Å². The molecule has 2 aromatic carbocycles. The highest BCUT2D eigenvalue weighted by molar-refractivity contribution is 7.18. The van der Waals surface area contributed by atoms with Crippen LogP contribution in [0.25, 0.3) is 10.2 Å². The summed E-state index contributed by atoms with van der Waals surface area (Å²) >= 11 is 1.72. The Hall–Kier alpha value is -2.24. The molecule has 0 saturated heterocycles. The van der Waals surface area contributed by atoms with Gasteiger partial charge in [0.25, 0.3) is 0 Å². The highest BCUT2D eigenvalue weighted by Crippen LogP contribution is 2.25. The summed E-state index contributed by atoms with van der Waals surface area (Å²) in [6.45, 7) is 3.03. The van der Waals surface area contributed by atoms with Crippen molar-refractivity contribution in [2.24, 2.45) is 0 Å². The van der Waals surface area contributed by atoms with E-state index in [0.717, 1.165) is 28.4 Å². The van der Waals surface area contributed by atoms with E-state index in [-0.39, 0.29) is 5.78 Å². The van der Waals surface area contributed by atoms with Gasteiger partial charge in [0, 0.05) is 17.7 Å². The quantitative estimate of drug-likeness (QED) is 0.633. The molecule has 0 aliphatic heterocycles. The Bertz CT molecular complexity index is 840. The van der Waals surface area contributed by atoms with Gasteiger partial charge in [0.1, 0.15) is 10.8 Å². The second-order valence-corrected chi connectivity index (χ2v) is 6.95. The summed E-state index contributed by atoms with van der Waals surface area (Å²) in [6, 6.07) is 13.7. The minimum atomic E-state index is 0.0627. The molecule has 0 unspecified atom stereocenters. The maximum absolute atomic E-state index is 11.6. The van der Waals surface area contributed by atoms with Crippen molar-refractivity contribution in [2.75, 3.05) is 14.2 Å². The summed E-state index contributed by atoms with van der Waals surface area (Å²) in [5, 5.41) is 1.08. The van der Waals surface area contributed by atoms with Crippen LogP contribution in [-0.2, 0) is 13.1 Å². The van der Waals surface area contributed by atoms with Crippen molar-refractivity contribution < 1.29 is 9.53 Å². The normalized spacial score (nSPS) is 11.2. The molecule has 1 heterocycles. The van der Waals surface area contributed by atoms with Gasteiger partial charge in [0.2, 0.25) is 0 Å². The maximum atomic E-state index is 11.6. The molecule has 0 amide bonds. The second kappa shape index (κ2) is 7.11. The fourth-order valence-corrected chi connectivity index (χ4v) is 3.73. The van der Waals surface area contributed by atoms with E-state index in [1.807, 2.05) is 37.4 Å². The molecule has 0 aliphatic carbocycles. The SMILES string of the molecule is COc1ccc(C(C)=O)cc1CN(C)Cc1nc2ccccc2s1. The lowest BCUT2D eigenvalue weighted by Gasteiger charge is -2.17. The van der Waals surface area contributed by atoms with Gasteiger partial charge in [-0.2, -0.15) is 0 Å². The largest absolute Gasteiger partial charge is 0.496 e. The van der Waals surface area contributed by atoms with Gasteiger partial charge in [-0.1, -0.05) is 12.1 Å². The maximum Gasteiger partial charge on any atom is 0.159 e. The van der Waals surface area contributed by atoms with Gasteiger partial charge in [-0.05, 0) is 44.3 Å². The van der Waals surface area contributed by atoms with E-state index in [0.29, 0.717) is 12.1 Å². The Morgan fingerprint density at radius 3 is 2.71 bits per heavy atom. The zero-order chi connectivity index (χ0) is 17.1. The average Bonchev–Trinajstić information content (AvgIpc) is 2.96. The molecular weight excluding hydrogens is 320 g/mol. The summed E-state index contributed by atoms with van der Waals surface area (Å²) in [4.78, 5) is 18.5. The first-order valence-electron chi connectivity index (χ1n) is 7.77. The first-order valence-corrected chi connectivity index (χ1v) is 8.59. The lowest BCUT2D eigenvalue weighted by Crippen LogP contribution is -2.18. The number of fused-ring (bicyclic) bond motifs is 1. The number of para-hydroxylation sites is 1. The Kier molecular flexibility index (Phi) is 4.92. The molecule has 124 valence electrons. The molecule has 0 bridgehead atoms. The van der Waals surface area contributed by atoms with E-state index >= 15 is 0 Å². The number of thiazole rings is 1. The van der Waals surface area contributed by atoms with Crippen molar-refractivity contribution in [2.45, 2.75) is 20.0 Å². The summed E-state index contributed by atoms with van der Waals surface area (Å²) in [5.41, 5.74) is 2.76. The molecule has 1 aromatic heterocycles. The number of aromatic nitrogens is 1. The van der Waals surface area contributed by atoms with E-state index in [1.165, 1.54) is 4.70 Å². The first-order chi connectivity index (χ1) is 11.6. The molecule has 0 N–H and O–H groups in total. The summed E-state index contributed by atoms with van der Waals surface area (Å²) in [5.74, 6) is 0.865. The monoisotopic (exact) mass is 340 g/mol. The molecule has 24 heavy (non-hydrogen) atoms. The Balaban J connectivity index is 1.77. The van der Waals surface area contributed by atoms with E-state index in [9.17, 15) is 4.79 Å². The van der Waals surface area contributed by atoms with Crippen LogP contribution in [-0.4, -0.2) is 29.8 Å².